The Hall–Kier alpha value is -3.67. The monoisotopic (exact) mass is 426 g/mol. The zero-order valence-electron chi connectivity index (χ0n) is 18.1. The number of para-hydroxylation sites is 2. The summed E-state index contributed by atoms with van der Waals surface area (Å²) in [6.07, 6.45) is 1.52. The summed E-state index contributed by atoms with van der Waals surface area (Å²) in [5.74, 6) is 1.37. The second-order valence-electron chi connectivity index (χ2n) is 8.05. The molecule has 1 N–H and O–H groups in total. The lowest BCUT2D eigenvalue weighted by molar-refractivity contribution is -0.120. The van der Waals surface area contributed by atoms with Crippen molar-refractivity contribution in [2.24, 2.45) is 5.92 Å². The normalized spacial score (nSPS) is 14.6. The highest BCUT2D eigenvalue weighted by molar-refractivity contribution is 6.02. The summed E-state index contributed by atoms with van der Waals surface area (Å²) >= 11 is 0. The zero-order valence-corrected chi connectivity index (χ0v) is 18.1. The molecule has 0 atom stereocenters. The van der Waals surface area contributed by atoms with Crippen molar-refractivity contribution in [1.29, 1.82) is 0 Å². The number of carbonyl (C=O) groups excluding carboxylic acids is 1. The molecule has 1 saturated heterocycles. The number of nitrogens with one attached hydrogen (secondary N) is 1. The largest absolute Gasteiger partial charge is 0.475 e. The first-order chi connectivity index (χ1) is 15.7. The van der Waals surface area contributed by atoms with Crippen molar-refractivity contribution in [1.82, 2.24) is 9.97 Å². The fourth-order valence-corrected chi connectivity index (χ4v) is 4.34. The minimum atomic E-state index is -0.0332. The van der Waals surface area contributed by atoms with Crippen LogP contribution in [-0.2, 0) is 4.79 Å². The van der Waals surface area contributed by atoms with Gasteiger partial charge in [0, 0.05) is 30.1 Å². The molecule has 3 aromatic carbocycles. The van der Waals surface area contributed by atoms with Gasteiger partial charge in [0.05, 0.1) is 17.6 Å². The highest BCUT2D eigenvalue weighted by Crippen LogP contribution is 2.31. The Labute approximate surface area is 187 Å². The van der Waals surface area contributed by atoms with Crippen molar-refractivity contribution < 1.29 is 9.53 Å². The number of hydrogen-bond donors (Lipinski definition) is 1. The maximum absolute atomic E-state index is 13.0. The molecular formula is C26H26N4O2. The lowest BCUT2D eigenvalue weighted by Gasteiger charge is -2.32. The molecule has 1 aliphatic heterocycles. The number of aromatic nitrogens is 2. The van der Waals surface area contributed by atoms with Crippen LogP contribution in [0.25, 0.3) is 21.8 Å². The van der Waals surface area contributed by atoms with Crippen molar-refractivity contribution in [2.45, 2.75) is 19.8 Å². The van der Waals surface area contributed by atoms with E-state index in [0.29, 0.717) is 12.5 Å². The summed E-state index contributed by atoms with van der Waals surface area (Å²) < 4.78 is 5.80. The summed E-state index contributed by atoms with van der Waals surface area (Å²) in [7, 11) is 0. The summed E-state index contributed by atoms with van der Waals surface area (Å²) in [5.41, 5.74) is 2.54. The number of nitrogens with zero attached hydrogens (tertiary/aromatic N) is 3. The van der Waals surface area contributed by atoms with E-state index in [9.17, 15) is 4.79 Å². The Morgan fingerprint density at radius 1 is 0.969 bits per heavy atom. The van der Waals surface area contributed by atoms with Crippen LogP contribution in [0, 0.1) is 5.92 Å². The highest BCUT2D eigenvalue weighted by atomic mass is 16.5. The number of rotatable bonds is 5. The molecule has 162 valence electrons. The first-order valence-electron chi connectivity index (χ1n) is 11.2. The number of amides is 1. The molecule has 0 bridgehead atoms. The van der Waals surface area contributed by atoms with Gasteiger partial charge in [0.1, 0.15) is 0 Å². The van der Waals surface area contributed by atoms with Crippen LogP contribution in [0.2, 0.25) is 0 Å². The third-order valence-electron chi connectivity index (χ3n) is 6.02. The first-order valence-corrected chi connectivity index (χ1v) is 11.2. The van der Waals surface area contributed by atoms with Crippen molar-refractivity contribution >= 4 is 39.2 Å². The van der Waals surface area contributed by atoms with E-state index in [-0.39, 0.29) is 11.8 Å². The Bertz CT molecular complexity index is 1260. The topological polar surface area (TPSA) is 67.4 Å². The molecule has 4 aromatic rings. The predicted molar refractivity (Wildman–Crippen MR) is 128 cm³/mol. The molecular weight excluding hydrogens is 400 g/mol. The van der Waals surface area contributed by atoms with Gasteiger partial charge in [-0.3, -0.25) is 4.79 Å². The fraction of sp³-hybridized carbons (Fsp3) is 0.269. The van der Waals surface area contributed by atoms with Gasteiger partial charge in [0.15, 0.2) is 5.82 Å². The molecule has 1 amide bonds. The second kappa shape index (κ2) is 8.83. The molecule has 1 fully saturated rings. The van der Waals surface area contributed by atoms with Crippen molar-refractivity contribution in [3.8, 4) is 5.88 Å². The molecule has 1 aromatic heterocycles. The minimum absolute atomic E-state index is 0.0332. The molecule has 6 heteroatoms. The van der Waals surface area contributed by atoms with Gasteiger partial charge in [-0.25, -0.2) is 9.97 Å². The SMILES string of the molecule is CCOc1nc2ccccc2nc1N1CCC(C(=O)Nc2cccc3ccccc23)CC1. The molecule has 1 aliphatic rings. The quantitative estimate of drug-likeness (QED) is 0.484. The average molecular weight is 427 g/mol. The third-order valence-corrected chi connectivity index (χ3v) is 6.02. The molecule has 0 unspecified atom stereocenters. The molecule has 6 nitrogen and oxygen atoms in total. The number of anilines is 2. The van der Waals surface area contributed by atoms with Crippen LogP contribution < -0.4 is 15.0 Å². The predicted octanol–water partition coefficient (Wildman–Crippen LogP) is 5.04. The van der Waals surface area contributed by atoms with E-state index in [2.05, 4.69) is 27.3 Å². The summed E-state index contributed by atoms with van der Waals surface area (Å²) in [6.45, 7) is 3.95. The molecule has 0 spiro atoms. The van der Waals surface area contributed by atoms with E-state index < -0.39 is 0 Å². The lowest BCUT2D eigenvalue weighted by atomic mass is 9.95. The van der Waals surface area contributed by atoms with Crippen LogP contribution in [0.3, 0.4) is 0 Å². The van der Waals surface area contributed by atoms with Crippen LogP contribution >= 0.6 is 0 Å². The van der Waals surface area contributed by atoms with Gasteiger partial charge in [0.25, 0.3) is 5.88 Å². The Morgan fingerprint density at radius 3 is 2.44 bits per heavy atom. The summed E-state index contributed by atoms with van der Waals surface area (Å²) in [5, 5.41) is 5.34. The van der Waals surface area contributed by atoms with E-state index in [4.69, 9.17) is 9.72 Å². The maximum atomic E-state index is 13.0. The number of carbonyl (C=O) groups is 1. The van der Waals surface area contributed by atoms with Gasteiger partial charge < -0.3 is 15.0 Å². The van der Waals surface area contributed by atoms with Crippen molar-refractivity contribution in [3.63, 3.8) is 0 Å². The van der Waals surface area contributed by atoms with Gasteiger partial charge in [-0.15, -0.1) is 0 Å². The number of hydrogen-bond acceptors (Lipinski definition) is 5. The van der Waals surface area contributed by atoms with Crippen molar-refractivity contribution in [2.75, 3.05) is 29.9 Å². The third kappa shape index (κ3) is 3.96. The number of fused-ring (bicyclic) bond motifs is 2. The van der Waals surface area contributed by atoms with Crippen LogP contribution in [0.5, 0.6) is 5.88 Å². The van der Waals surface area contributed by atoms with Gasteiger partial charge in [-0.2, -0.15) is 0 Å². The molecule has 32 heavy (non-hydrogen) atoms. The molecule has 2 heterocycles. The van der Waals surface area contributed by atoms with E-state index in [1.165, 1.54) is 0 Å². The van der Waals surface area contributed by atoms with E-state index in [1.807, 2.05) is 61.5 Å². The fourth-order valence-electron chi connectivity index (χ4n) is 4.34. The van der Waals surface area contributed by atoms with Crippen LogP contribution in [0.1, 0.15) is 19.8 Å². The van der Waals surface area contributed by atoms with E-state index in [0.717, 1.165) is 59.2 Å². The van der Waals surface area contributed by atoms with Crippen LogP contribution in [0.15, 0.2) is 66.7 Å². The number of ether oxygens (including phenoxy) is 1. The molecule has 0 saturated carbocycles. The van der Waals surface area contributed by atoms with Crippen LogP contribution in [-0.4, -0.2) is 35.6 Å². The van der Waals surface area contributed by atoms with E-state index >= 15 is 0 Å². The molecule has 0 aliphatic carbocycles. The number of benzene rings is 3. The summed E-state index contributed by atoms with van der Waals surface area (Å²) in [6, 6.07) is 21.9. The molecule has 0 radical (unpaired) electrons. The Morgan fingerprint density at radius 2 is 1.66 bits per heavy atom. The number of piperidine rings is 1. The van der Waals surface area contributed by atoms with Crippen molar-refractivity contribution in [3.05, 3.63) is 66.7 Å². The van der Waals surface area contributed by atoms with E-state index in [1.54, 1.807) is 0 Å². The standard InChI is InChI=1S/C26H26N4O2/c1-2-32-26-24(27-22-11-5-6-12-23(22)29-26)30-16-14-19(15-17-30)25(31)28-21-13-7-9-18-8-3-4-10-20(18)21/h3-13,19H,2,14-17H2,1H3,(H,28,31). The van der Waals surface area contributed by atoms with Gasteiger partial charge >= 0.3 is 0 Å². The van der Waals surface area contributed by atoms with Crippen LogP contribution in [0.4, 0.5) is 11.5 Å². The van der Waals surface area contributed by atoms with Gasteiger partial charge in [0.2, 0.25) is 5.91 Å². The minimum Gasteiger partial charge on any atom is -0.475 e. The Kier molecular flexibility index (Phi) is 5.58. The first kappa shape index (κ1) is 20.2. The highest BCUT2D eigenvalue weighted by Gasteiger charge is 2.28. The average Bonchev–Trinajstić information content (AvgIpc) is 2.84. The summed E-state index contributed by atoms with van der Waals surface area (Å²) in [4.78, 5) is 24.7. The van der Waals surface area contributed by atoms with Gasteiger partial charge in [-0.1, -0.05) is 48.5 Å². The lowest BCUT2D eigenvalue weighted by Crippen LogP contribution is -2.39. The Balaban J connectivity index is 1.31. The second-order valence-corrected chi connectivity index (χ2v) is 8.05. The zero-order chi connectivity index (χ0) is 21.9. The van der Waals surface area contributed by atoms with Gasteiger partial charge in [-0.05, 0) is 43.4 Å². The maximum Gasteiger partial charge on any atom is 0.258 e. The smallest absolute Gasteiger partial charge is 0.258 e. The molecule has 5 rings (SSSR count).